The molecule has 86 valence electrons. The van der Waals surface area contributed by atoms with Crippen LogP contribution < -0.4 is 4.90 Å². The fourth-order valence-electron chi connectivity index (χ4n) is 1.49. The SMILES string of the molecule is CN(Cc1cnc(Cl)s1)c1cccc(C#N)c1. The van der Waals surface area contributed by atoms with Gasteiger partial charge < -0.3 is 4.90 Å². The van der Waals surface area contributed by atoms with Crippen molar-refractivity contribution in [2.24, 2.45) is 0 Å². The van der Waals surface area contributed by atoms with E-state index in [0.717, 1.165) is 17.1 Å². The monoisotopic (exact) mass is 263 g/mol. The molecule has 0 fully saturated rings. The number of anilines is 1. The second-order valence-corrected chi connectivity index (χ2v) is 5.30. The van der Waals surface area contributed by atoms with Gasteiger partial charge in [0.05, 0.1) is 18.2 Å². The standard InChI is InChI=1S/C12H10ClN3S/c1-16(8-11-7-15-12(13)17-11)10-4-2-3-9(5-10)6-14/h2-5,7H,8H2,1H3. The molecule has 0 aliphatic heterocycles. The van der Waals surface area contributed by atoms with Crippen molar-refractivity contribution >= 4 is 28.6 Å². The molecule has 1 heterocycles. The normalized spacial score (nSPS) is 9.94. The zero-order valence-electron chi connectivity index (χ0n) is 9.22. The predicted molar refractivity (Wildman–Crippen MR) is 70.4 cm³/mol. The average molecular weight is 264 g/mol. The highest BCUT2D eigenvalue weighted by molar-refractivity contribution is 7.15. The fraction of sp³-hybridized carbons (Fsp3) is 0.167. The minimum absolute atomic E-state index is 0.555. The summed E-state index contributed by atoms with van der Waals surface area (Å²) in [6.45, 7) is 0.735. The Balaban J connectivity index is 2.14. The molecular weight excluding hydrogens is 254 g/mol. The predicted octanol–water partition coefficient (Wildman–Crippen LogP) is 3.30. The van der Waals surface area contributed by atoms with E-state index in [1.165, 1.54) is 11.3 Å². The Morgan fingerprint density at radius 2 is 2.35 bits per heavy atom. The quantitative estimate of drug-likeness (QED) is 0.853. The Morgan fingerprint density at radius 1 is 1.53 bits per heavy atom. The molecule has 1 aromatic heterocycles. The third-order valence-electron chi connectivity index (χ3n) is 2.33. The second-order valence-electron chi connectivity index (χ2n) is 3.60. The van der Waals surface area contributed by atoms with Gasteiger partial charge in [-0.1, -0.05) is 17.7 Å². The smallest absolute Gasteiger partial charge is 0.183 e. The molecule has 0 saturated heterocycles. The van der Waals surface area contributed by atoms with E-state index < -0.39 is 0 Å². The number of nitrogens with zero attached hydrogens (tertiary/aromatic N) is 3. The van der Waals surface area contributed by atoms with Crippen LogP contribution in [0.5, 0.6) is 0 Å². The van der Waals surface area contributed by atoms with Crippen molar-refractivity contribution in [3.63, 3.8) is 0 Å². The molecular formula is C12H10ClN3S. The van der Waals surface area contributed by atoms with Gasteiger partial charge in [0, 0.05) is 23.8 Å². The van der Waals surface area contributed by atoms with Crippen molar-refractivity contribution in [1.82, 2.24) is 4.98 Å². The van der Waals surface area contributed by atoms with Crippen molar-refractivity contribution in [1.29, 1.82) is 5.26 Å². The lowest BCUT2D eigenvalue weighted by Crippen LogP contribution is -2.15. The third-order valence-corrected chi connectivity index (χ3v) is 3.43. The number of hydrogen-bond acceptors (Lipinski definition) is 4. The van der Waals surface area contributed by atoms with E-state index in [9.17, 15) is 0 Å². The molecule has 0 radical (unpaired) electrons. The molecule has 0 aliphatic carbocycles. The Bertz CT molecular complexity index is 559. The van der Waals surface area contributed by atoms with Crippen LogP contribution in [0.3, 0.4) is 0 Å². The maximum atomic E-state index is 8.84. The maximum absolute atomic E-state index is 8.84. The van der Waals surface area contributed by atoms with Crippen LogP contribution in [0.4, 0.5) is 5.69 Å². The minimum Gasteiger partial charge on any atom is -0.369 e. The lowest BCUT2D eigenvalue weighted by atomic mass is 10.2. The highest BCUT2D eigenvalue weighted by atomic mass is 35.5. The Labute approximate surface area is 109 Å². The van der Waals surface area contributed by atoms with E-state index in [2.05, 4.69) is 16.0 Å². The van der Waals surface area contributed by atoms with Crippen LogP contribution in [0.15, 0.2) is 30.5 Å². The van der Waals surface area contributed by atoms with Crippen molar-refractivity contribution < 1.29 is 0 Å². The van der Waals surface area contributed by atoms with Gasteiger partial charge in [-0.15, -0.1) is 11.3 Å². The van der Waals surface area contributed by atoms with Crippen LogP contribution in [0.1, 0.15) is 10.4 Å². The minimum atomic E-state index is 0.555. The van der Waals surface area contributed by atoms with E-state index in [4.69, 9.17) is 16.9 Å². The van der Waals surface area contributed by atoms with E-state index in [-0.39, 0.29) is 0 Å². The van der Waals surface area contributed by atoms with Crippen LogP contribution in [-0.2, 0) is 6.54 Å². The molecule has 0 atom stereocenters. The van der Waals surface area contributed by atoms with Gasteiger partial charge in [0.2, 0.25) is 0 Å². The van der Waals surface area contributed by atoms with E-state index in [1.807, 2.05) is 25.2 Å². The van der Waals surface area contributed by atoms with Crippen LogP contribution in [0.2, 0.25) is 4.47 Å². The van der Waals surface area contributed by atoms with E-state index in [0.29, 0.717) is 10.0 Å². The molecule has 0 bridgehead atoms. The molecule has 0 aliphatic rings. The third kappa shape index (κ3) is 2.96. The summed E-state index contributed by atoms with van der Waals surface area (Å²) in [5, 5.41) is 8.84. The molecule has 17 heavy (non-hydrogen) atoms. The summed E-state index contributed by atoms with van der Waals surface area (Å²) < 4.78 is 0.555. The number of aromatic nitrogens is 1. The fourth-order valence-corrected chi connectivity index (χ4v) is 2.53. The number of rotatable bonds is 3. The molecule has 3 nitrogen and oxygen atoms in total. The Kier molecular flexibility index (Phi) is 3.62. The topological polar surface area (TPSA) is 39.9 Å². The van der Waals surface area contributed by atoms with Gasteiger partial charge in [-0.3, -0.25) is 0 Å². The summed E-state index contributed by atoms with van der Waals surface area (Å²) in [5.74, 6) is 0. The average Bonchev–Trinajstić information content (AvgIpc) is 2.75. The molecule has 2 aromatic rings. The van der Waals surface area contributed by atoms with Crippen LogP contribution in [-0.4, -0.2) is 12.0 Å². The zero-order valence-corrected chi connectivity index (χ0v) is 10.8. The molecule has 0 amide bonds. The lowest BCUT2D eigenvalue weighted by molar-refractivity contribution is 0.936. The maximum Gasteiger partial charge on any atom is 0.183 e. The summed E-state index contributed by atoms with van der Waals surface area (Å²) in [6.07, 6.45) is 1.78. The number of thiazole rings is 1. The summed E-state index contributed by atoms with van der Waals surface area (Å²) >= 11 is 7.25. The van der Waals surface area contributed by atoms with E-state index in [1.54, 1.807) is 12.3 Å². The van der Waals surface area contributed by atoms with Crippen LogP contribution in [0, 0.1) is 11.3 Å². The molecule has 2 rings (SSSR count). The van der Waals surface area contributed by atoms with Crippen molar-refractivity contribution in [2.45, 2.75) is 6.54 Å². The zero-order chi connectivity index (χ0) is 12.3. The lowest BCUT2D eigenvalue weighted by Gasteiger charge is -2.18. The van der Waals surface area contributed by atoms with Gasteiger partial charge in [0.25, 0.3) is 0 Å². The molecule has 0 unspecified atom stereocenters. The second kappa shape index (κ2) is 5.17. The summed E-state index contributed by atoms with van der Waals surface area (Å²) in [5.41, 5.74) is 1.67. The number of hydrogen-bond donors (Lipinski definition) is 0. The molecule has 1 aromatic carbocycles. The van der Waals surface area contributed by atoms with Crippen LogP contribution in [0.25, 0.3) is 0 Å². The van der Waals surface area contributed by atoms with Crippen molar-refractivity contribution in [3.8, 4) is 6.07 Å². The molecule has 5 heteroatoms. The summed E-state index contributed by atoms with van der Waals surface area (Å²) in [6, 6.07) is 9.64. The van der Waals surface area contributed by atoms with Gasteiger partial charge in [-0.05, 0) is 18.2 Å². The van der Waals surface area contributed by atoms with Crippen LogP contribution >= 0.6 is 22.9 Å². The van der Waals surface area contributed by atoms with Gasteiger partial charge in [0.1, 0.15) is 0 Å². The summed E-state index contributed by atoms with van der Waals surface area (Å²) in [4.78, 5) is 7.16. The van der Waals surface area contributed by atoms with Gasteiger partial charge in [-0.2, -0.15) is 5.26 Å². The first-order valence-corrected chi connectivity index (χ1v) is 6.20. The summed E-state index contributed by atoms with van der Waals surface area (Å²) in [7, 11) is 1.98. The van der Waals surface area contributed by atoms with Crippen molar-refractivity contribution in [3.05, 3.63) is 45.4 Å². The first kappa shape index (κ1) is 11.9. The Hall–Kier alpha value is -1.57. The number of halogens is 1. The molecule has 0 saturated carbocycles. The highest BCUT2D eigenvalue weighted by Crippen LogP contribution is 2.22. The van der Waals surface area contributed by atoms with Gasteiger partial charge in [-0.25, -0.2) is 4.98 Å². The van der Waals surface area contributed by atoms with E-state index >= 15 is 0 Å². The number of benzene rings is 1. The Morgan fingerprint density at radius 3 is 3.00 bits per heavy atom. The van der Waals surface area contributed by atoms with Crippen molar-refractivity contribution in [2.75, 3.05) is 11.9 Å². The molecule has 0 N–H and O–H groups in total. The van der Waals surface area contributed by atoms with Gasteiger partial charge in [0.15, 0.2) is 4.47 Å². The highest BCUT2D eigenvalue weighted by Gasteiger charge is 2.05. The first-order chi connectivity index (χ1) is 8.19. The molecule has 0 spiro atoms. The first-order valence-electron chi connectivity index (χ1n) is 5.00. The van der Waals surface area contributed by atoms with Gasteiger partial charge >= 0.3 is 0 Å². The largest absolute Gasteiger partial charge is 0.369 e. The number of nitriles is 1.